The number of aromatic amines is 1. The molecule has 20 heavy (non-hydrogen) atoms. The van der Waals surface area contributed by atoms with Crippen LogP contribution in [-0.2, 0) is 10.2 Å². The summed E-state index contributed by atoms with van der Waals surface area (Å²) in [5, 5.41) is 10.5. The molecular formula is C16H18FNO2. The second-order valence-corrected chi connectivity index (χ2v) is 5.82. The number of hydrogen-bond donors (Lipinski definition) is 2. The molecule has 1 aliphatic carbocycles. The Morgan fingerprint density at radius 3 is 2.60 bits per heavy atom. The topological polar surface area (TPSA) is 53.1 Å². The van der Waals surface area contributed by atoms with Crippen molar-refractivity contribution in [3.63, 3.8) is 0 Å². The fraction of sp³-hybridized carbons (Fsp3) is 0.438. The summed E-state index contributed by atoms with van der Waals surface area (Å²) >= 11 is 0. The van der Waals surface area contributed by atoms with Gasteiger partial charge in [0.1, 0.15) is 5.82 Å². The van der Waals surface area contributed by atoms with Gasteiger partial charge in [0.05, 0.1) is 5.41 Å². The molecule has 0 saturated heterocycles. The van der Waals surface area contributed by atoms with Crippen LogP contribution in [0, 0.1) is 12.7 Å². The lowest BCUT2D eigenvalue weighted by atomic mass is 9.69. The second-order valence-electron chi connectivity index (χ2n) is 5.82. The molecule has 1 saturated carbocycles. The number of carboxylic acids is 1. The minimum absolute atomic E-state index is 0.332. The smallest absolute Gasteiger partial charge is 0.314 e. The van der Waals surface area contributed by atoms with Crippen LogP contribution >= 0.6 is 0 Å². The van der Waals surface area contributed by atoms with Gasteiger partial charge < -0.3 is 10.1 Å². The number of benzene rings is 1. The fourth-order valence-corrected chi connectivity index (χ4v) is 3.42. The maximum Gasteiger partial charge on any atom is 0.314 e. The van der Waals surface area contributed by atoms with E-state index in [2.05, 4.69) is 4.98 Å². The molecular weight excluding hydrogens is 257 g/mol. The van der Waals surface area contributed by atoms with Gasteiger partial charge in [0.15, 0.2) is 0 Å². The van der Waals surface area contributed by atoms with Crippen LogP contribution in [0.15, 0.2) is 18.2 Å². The van der Waals surface area contributed by atoms with Gasteiger partial charge in [0.2, 0.25) is 0 Å². The molecule has 1 aliphatic rings. The van der Waals surface area contributed by atoms with Crippen molar-refractivity contribution < 1.29 is 14.3 Å². The van der Waals surface area contributed by atoms with Crippen molar-refractivity contribution in [3.8, 4) is 0 Å². The standard InChI is InChI=1S/C16H18FNO2/c1-10-7-11-8-13(17)12(9-14(11)18-10)16(15(19)20)5-3-2-4-6-16/h7-9,18H,2-6H2,1H3,(H,19,20). The zero-order valence-corrected chi connectivity index (χ0v) is 11.5. The van der Waals surface area contributed by atoms with Gasteiger partial charge in [-0.2, -0.15) is 0 Å². The molecule has 0 radical (unpaired) electrons. The van der Waals surface area contributed by atoms with Crippen LogP contribution in [0.5, 0.6) is 0 Å². The molecule has 3 rings (SSSR count). The highest BCUT2D eigenvalue weighted by Gasteiger charge is 2.43. The summed E-state index contributed by atoms with van der Waals surface area (Å²) in [7, 11) is 0. The molecule has 0 aliphatic heterocycles. The first-order valence-electron chi connectivity index (χ1n) is 7.06. The van der Waals surface area contributed by atoms with Crippen LogP contribution < -0.4 is 0 Å². The van der Waals surface area contributed by atoms with Crippen molar-refractivity contribution in [3.05, 3.63) is 35.3 Å². The number of aliphatic carboxylic acids is 1. The molecule has 0 amide bonds. The molecule has 0 bridgehead atoms. The Kier molecular flexibility index (Phi) is 3.04. The van der Waals surface area contributed by atoms with Gasteiger partial charge in [-0.05, 0) is 38.0 Å². The summed E-state index contributed by atoms with van der Waals surface area (Å²) in [6.45, 7) is 1.91. The maximum absolute atomic E-state index is 14.4. The van der Waals surface area contributed by atoms with Crippen molar-refractivity contribution in [2.24, 2.45) is 0 Å². The first-order valence-corrected chi connectivity index (χ1v) is 7.06. The van der Waals surface area contributed by atoms with E-state index in [1.165, 1.54) is 6.07 Å². The molecule has 1 aromatic heterocycles. The normalized spacial score (nSPS) is 18.3. The van der Waals surface area contributed by atoms with Gasteiger partial charge in [-0.15, -0.1) is 0 Å². The van der Waals surface area contributed by atoms with Crippen molar-refractivity contribution >= 4 is 16.9 Å². The molecule has 2 aromatic rings. The summed E-state index contributed by atoms with van der Waals surface area (Å²) in [5.41, 5.74) is 1.03. The average molecular weight is 275 g/mol. The van der Waals surface area contributed by atoms with Crippen molar-refractivity contribution in [2.45, 2.75) is 44.4 Å². The van der Waals surface area contributed by atoms with Gasteiger partial charge in [-0.25, -0.2) is 4.39 Å². The maximum atomic E-state index is 14.4. The number of carboxylic acid groups (broad SMARTS) is 1. The summed E-state index contributed by atoms with van der Waals surface area (Å²) in [5.74, 6) is -1.31. The van der Waals surface area contributed by atoms with Gasteiger partial charge in [0.25, 0.3) is 0 Å². The van der Waals surface area contributed by atoms with E-state index in [1.54, 1.807) is 6.07 Å². The molecule has 0 spiro atoms. The van der Waals surface area contributed by atoms with Crippen molar-refractivity contribution in [1.82, 2.24) is 4.98 Å². The summed E-state index contributed by atoms with van der Waals surface area (Å²) in [6, 6.07) is 5.01. The number of carbonyl (C=O) groups is 1. The quantitative estimate of drug-likeness (QED) is 0.873. The molecule has 0 unspecified atom stereocenters. The highest BCUT2D eigenvalue weighted by Crippen LogP contribution is 2.41. The first kappa shape index (κ1) is 13.2. The van der Waals surface area contributed by atoms with Crippen LogP contribution in [0.4, 0.5) is 4.39 Å². The van der Waals surface area contributed by atoms with E-state index in [4.69, 9.17) is 0 Å². The zero-order valence-electron chi connectivity index (χ0n) is 11.5. The minimum atomic E-state index is -1.06. The fourth-order valence-electron chi connectivity index (χ4n) is 3.42. The number of nitrogens with one attached hydrogen (secondary N) is 1. The Morgan fingerprint density at radius 1 is 1.25 bits per heavy atom. The third-order valence-corrected chi connectivity index (χ3v) is 4.48. The Labute approximate surface area is 116 Å². The Balaban J connectivity index is 2.19. The van der Waals surface area contributed by atoms with Gasteiger partial charge in [-0.3, -0.25) is 4.79 Å². The summed E-state index contributed by atoms with van der Waals surface area (Å²) < 4.78 is 14.4. The highest BCUT2D eigenvalue weighted by atomic mass is 19.1. The molecule has 3 nitrogen and oxygen atoms in total. The lowest BCUT2D eigenvalue weighted by Crippen LogP contribution is -2.38. The Morgan fingerprint density at radius 2 is 1.95 bits per heavy atom. The third-order valence-electron chi connectivity index (χ3n) is 4.48. The first-order chi connectivity index (χ1) is 9.53. The molecule has 1 heterocycles. The van der Waals surface area contributed by atoms with E-state index in [-0.39, 0.29) is 0 Å². The molecule has 4 heteroatoms. The van der Waals surface area contributed by atoms with Crippen LogP contribution in [0.1, 0.15) is 43.4 Å². The van der Waals surface area contributed by atoms with E-state index in [0.29, 0.717) is 18.4 Å². The molecule has 1 aromatic carbocycles. The van der Waals surface area contributed by atoms with E-state index in [1.807, 2.05) is 13.0 Å². The Hall–Kier alpha value is -1.84. The Bertz CT molecular complexity index is 668. The largest absolute Gasteiger partial charge is 0.481 e. The van der Waals surface area contributed by atoms with E-state index in [0.717, 1.165) is 35.9 Å². The summed E-state index contributed by atoms with van der Waals surface area (Å²) in [6.07, 6.45) is 3.75. The SMILES string of the molecule is Cc1cc2cc(F)c(C3(C(=O)O)CCCCC3)cc2[nH]1. The van der Waals surface area contributed by atoms with Gasteiger partial charge in [0, 0.05) is 22.2 Å². The van der Waals surface area contributed by atoms with Crippen LogP contribution in [0.25, 0.3) is 10.9 Å². The number of aryl methyl sites for hydroxylation is 1. The molecule has 106 valence electrons. The minimum Gasteiger partial charge on any atom is -0.481 e. The number of fused-ring (bicyclic) bond motifs is 1. The van der Waals surface area contributed by atoms with Crippen LogP contribution in [0.2, 0.25) is 0 Å². The summed E-state index contributed by atoms with van der Waals surface area (Å²) in [4.78, 5) is 15.0. The third kappa shape index (κ3) is 1.90. The second kappa shape index (κ2) is 4.62. The molecule has 1 fully saturated rings. The number of halogens is 1. The van der Waals surface area contributed by atoms with E-state index >= 15 is 0 Å². The highest BCUT2D eigenvalue weighted by molar-refractivity contribution is 5.86. The average Bonchev–Trinajstić information content (AvgIpc) is 2.77. The lowest BCUT2D eigenvalue weighted by molar-refractivity contribution is -0.145. The predicted molar refractivity (Wildman–Crippen MR) is 75.4 cm³/mol. The number of aromatic nitrogens is 1. The number of H-pyrrole nitrogens is 1. The van der Waals surface area contributed by atoms with Crippen molar-refractivity contribution in [1.29, 1.82) is 0 Å². The van der Waals surface area contributed by atoms with Crippen LogP contribution in [-0.4, -0.2) is 16.1 Å². The number of rotatable bonds is 2. The number of hydrogen-bond acceptors (Lipinski definition) is 1. The lowest BCUT2D eigenvalue weighted by Gasteiger charge is -2.33. The zero-order chi connectivity index (χ0) is 14.3. The molecule has 2 N–H and O–H groups in total. The van der Waals surface area contributed by atoms with Crippen molar-refractivity contribution in [2.75, 3.05) is 0 Å². The van der Waals surface area contributed by atoms with E-state index in [9.17, 15) is 14.3 Å². The monoisotopic (exact) mass is 275 g/mol. The molecule has 0 atom stereocenters. The van der Waals surface area contributed by atoms with Crippen LogP contribution in [0.3, 0.4) is 0 Å². The predicted octanol–water partition coefficient (Wildman–Crippen LogP) is 3.90. The van der Waals surface area contributed by atoms with Gasteiger partial charge >= 0.3 is 5.97 Å². The van der Waals surface area contributed by atoms with E-state index < -0.39 is 17.2 Å². The van der Waals surface area contributed by atoms with Gasteiger partial charge in [-0.1, -0.05) is 19.3 Å².